The fourth-order valence-electron chi connectivity index (χ4n) is 2.21. The van der Waals surface area contributed by atoms with Crippen molar-refractivity contribution in [3.63, 3.8) is 0 Å². The van der Waals surface area contributed by atoms with Crippen LogP contribution in [0.2, 0.25) is 0 Å². The number of pyridine rings is 1. The SMILES string of the molecule is CC(c1ccccn1)N1Cc2cncnc2C1. The Hall–Kier alpha value is -1.81. The van der Waals surface area contributed by atoms with Gasteiger partial charge in [-0.25, -0.2) is 9.97 Å². The third kappa shape index (κ3) is 1.91. The minimum absolute atomic E-state index is 0.311. The summed E-state index contributed by atoms with van der Waals surface area (Å²) in [5.74, 6) is 0. The number of nitrogens with zero attached hydrogens (tertiary/aromatic N) is 4. The number of hydrogen-bond donors (Lipinski definition) is 0. The first-order valence-corrected chi connectivity index (χ1v) is 5.77. The minimum Gasteiger partial charge on any atom is -0.285 e. The second kappa shape index (κ2) is 4.22. The Kier molecular flexibility index (Phi) is 2.57. The van der Waals surface area contributed by atoms with Crippen LogP contribution in [0.3, 0.4) is 0 Å². The average molecular weight is 226 g/mol. The molecule has 0 bridgehead atoms. The summed E-state index contributed by atoms with van der Waals surface area (Å²) in [6, 6.07) is 6.35. The number of hydrogen-bond acceptors (Lipinski definition) is 4. The molecule has 4 nitrogen and oxygen atoms in total. The number of rotatable bonds is 2. The van der Waals surface area contributed by atoms with Crippen LogP contribution in [0, 0.1) is 0 Å². The van der Waals surface area contributed by atoms with Gasteiger partial charge < -0.3 is 0 Å². The maximum atomic E-state index is 4.41. The largest absolute Gasteiger partial charge is 0.285 e. The van der Waals surface area contributed by atoms with Crippen LogP contribution in [0.1, 0.15) is 29.9 Å². The van der Waals surface area contributed by atoms with Crippen molar-refractivity contribution in [3.05, 3.63) is 53.9 Å². The first kappa shape index (κ1) is 10.4. The first-order valence-electron chi connectivity index (χ1n) is 5.77. The molecule has 0 aliphatic carbocycles. The van der Waals surface area contributed by atoms with Crippen LogP contribution in [0.25, 0.3) is 0 Å². The van der Waals surface area contributed by atoms with Crippen LogP contribution in [0.4, 0.5) is 0 Å². The van der Waals surface area contributed by atoms with Gasteiger partial charge in [-0.1, -0.05) is 6.07 Å². The average Bonchev–Trinajstić information content (AvgIpc) is 2.82. The lowest BCUT2D eigenvalue weighted by Gasteiger charge is -2.22. The third-order valence-electron chi connectivity index (χ3n) is 3.27. The zero-order valence-corrected chi connectivity index (χ0v) is 9.74. The molecule has 3 heterocycles. The van der Waals surface area contributed by atoms with E-state index in [1.54, 1.807) is 6.33 Å². The molecular formula is C13H14N4. The maximum Gasteiger partial charge on any atom is 0.115 e. The minimum atomic E-state index is 0.311. The summed E-state index contributed by atoms with van der Waals surface area (Å²) in [5, 5.41) is 0. The molecule has 0 N–H and O–H groups in total. The fraction of sp³-hybridized carbons (Fsp3) is 0.308. The summed E-state index contributed by atoms with van der Waals surface area (Å²) in [5.41, 5.74) is 3.48. The van der Waals surface area contributed by atoms with Crippen LogP contribution in [-0.4, -0.2) is 19.9 Å². The Bertz CT molecular complexity index is 487. The molecule has 0 saturated heterocycles. The van der Waals surface area contributed by atoms with E-state index in [1.165, 1.54) is 5.56 Å². The normalized spacial score (nSPS) is 16.8. The molecule has 2 aromatic heterocycles. The summed E-state index contributed by atoms with van der Waals surface area (Å²) in [7, 11) is 0. The van der Waals surface area contributed by atoms with Crippen LogP contribution in [-0.2, 0) is 13.1 Å². The third-order valence-corrected chi connectivity index (χ3v) is 3.27. The Labute approximate surface area is 100 Å². The van der Waals surface area contributed by atoms with Crippen molar-refractivity contribution in [2.75, 3.05) is 0 Å². The summed E-state index contributed by atoms with van der Waals surface area (Å²) in [6.07, 6.45) is 5.37. The molecular weight excluding hydrogens is 212 g/mol. The summed E-state index contributed by atoms with van der Waals surface area (Å²) in [6.45, 7) is 3.98. The van der Waals surface area contributed by atoms with Crippen molar-refractivity contribution < 1.29 is 0 Å². The molecule has 0 fully saturated rings. The molecule has 3 rings (SSSR count). The zero-order chi connectivity index (χ0) is 11.7. The van der Waals surface area contributed by atoms with Crippen LogP contribution in [0.15, 0.2) is 36.9 Å². The van der Waals surface area contributed by atoms with Gasteiger partial charge in [0.1, 0.15) is 6.33 Å². The Morgan fingerprint density at radius 2 is 2.18 bits per heavy atom. The van der Waals surface area contributed by atoms with Crippen molar-refractivity contribution in [3.8, 4) is 0 Å². The van der Waals surface area contributed by atoms with E-state index in [2.05, 4.69) is 32.8 Å². The Morgan fingerprint density at radius 3 is 2.94 bits per heavy atom. The highest BCUT2D eigenvalue weighted by atomic mass is 15.2. The quantitative estimate of drug-likeness (QED) is 0.785. The monoisotopic (exact) mass is 226 g/mol. The van der Waals surface area contributed by atoms with Gasteiger partial charge in [0.15, 0.2) is 0 Å². The lowest BCUT2D eigenvalue weighted by molar-refractivity contribution is 0.210. The van der Waals surface area contributed by atoms with Crippen molar-refractivity contribution in [2.45, 2.75) is 26.1 Å². The molecule has 1 aliphatic rings. The van der Waals surface area contributed by atoms with Crippen LogP contribution < -0.4 is 0 Å². The van der Waals surface area contributed by atoms with Crippen molar-refractivity contribution in [1.29, 1.82) is 0 Å². The van der Waals surface area contributed by atoms with Crippen molar-refractivity contribution >= 4 is 0 Å². The number of aromatic nitrogens is 3. The van der Waals surface area contributed by atoms with Gasteiger partial charge in [0.2, 0.25) is 0 Å². The summed E-state index contributed by atoms with van der Waals surface area (Å²) < 4.78 is 0. The molecule has 1 atom stereocenters. The topological polar surface area (TPSA) is 41.9 Å². The summed E-state index contributed by atoms with van der Waals surface area (Å²) in [4.78, 5) is 15.2. The van der Waals surface area contributed by atoms with Crippen LogP contribution >= 0.6 is 0 Å². The molecule has 0 aromatic carbocycles. The van der Waals surface area contributed by atoms with E-state index in [9.17, 15) is 0 Å². The van der Waals surface area contributed by atoms with E-state index < -0.39 is 0 Å². The lowest BCUT2D eigenvalue weighted by atomic mass is 10.2. The van der Waals surface area contributed by atoms with E-state index in [1.807, 2.05) is 24.5 Å². The molecule has 1 aliphatic heterocycles. The highest BCUT2D eigenvalue weighted by Gasteiger charge is 2.25. The zero-order valence-electron chi connectivity index (χ0n) is 9.74. The molecule has 0 radical (unpaired) electrons. The molecule has 0 saturated carbocycles. The molecule has 4 heteroatoms. The molecule has 1 unspecified atom stereocenters. The van der Waals surface area contributed by atoms with Gasteiger partial charge in [-0.05, 0) is 19.1 Å². The summed E-state index contributed by atoms with van der Waals surface area (Å²) >= 11 is 0. The maximum absolute atomic E-state index is 4.41. The highest BCUT2D eigenvalue weighted by Crippen LogP contribution is 2.28. The standard InChI is InChI=1S/C13H14N4/c1-10(12-4-2-3-5-15-12)17-7-11-6-14-9-16-13(11)8-17/h2-6,9-10H,7-8H2,1H3. The van der Waals surface area contributed by atoms with Gasteiger partial charge in [-0.2, -0.15) is 0 Å². The van der Waals surface area contributed by atoms with E-state index in [0.29, 0.717) is 6.04 Å². The van der Waals surface area contributed by atoms with Crippen molar-refractivity contribution in [1.82, 2.24) is 19.9 Å². The fourth-order valence-corrected chi connectivity index (χ4v) is 2.21. The van der Waals surface area contributed by atoms with E-state index in [-0.39, 0.29) is 0 Å². The van der Waals surface area contributed by atoms with Gasteiger partial charge in [-0.15, -0.1) is 0 Å². The van der Waals surface area contributed by atoms with Gasteiger partial charge in [0.05, 0.1) is 11.4 Å². The highest BCUT2D eigenvalue weighted by molar-refractivity contribution is 5.21. The second-order valence-electron chi connectivity index (χ2n) is 4.33. The van der Waals surface area contributed by atoms with Gasteiger partial charge in [0.25, 0.3) is 0 Å². The van der Waals surface area contributed by atoms with Gasteiger partial charge in [0, 0.05) is 37.1 Å². The Morgan fingerprint density at radius 1 is 1.24 bits per heavy atom. The molecule has 17 heavy (non-hydrogen) atoms. The number of fused-ring (bicyclic) bond motifs is 1. The lowest BCUT2D eigenvalue weighted by Crippen LogP contribution is -2.21. The van der Waals surface area contributed by atoms with Crippen molar-refractivity contribution in [2.24, 2.45) is 0 Å². The molecule has 0 spiro atoms. The predicted octanol–water partition coefficient (Wildman–Crippen LogP) is 1.95. The van der Waals surface area contributed by atoms with Crippen LogP contribution in [0.5, 0.6) is 0 Å². The predicted molar refractivity (Wildman–Crippen MR) is 63.9 cm³/mol. The molecule has 0 amide bonds. The van der Waals surface area contributed by atoms with E-state index in [4.69, 9.17) is 0 Å². The molecule has 86 valence electrons. The Balaban J connectivity index is 1.81. The first-order chi connectivity index (χ1) is 8.34. The second-order valence-corrected chi connectivity index (χ2v) is 4.33. The van der Waals surface area contributed by atoms with Gasteiger partial charge in [-0.3, -0.25) is 9.88 Å². The smallest absolute Gasteiger partial charge is 0.115 e. The molecule has 2 aromatic rings. The van der Waals surface area contributed by atoms with E-state index in [0.717, 1.165) is 24.5 Å². The van der Waals surface area contributed by atoms with Gasteiger partial charge >= 0.3 is 0 Å². The van der Waals surface area contributed by atoms with E-state index >= 15 is 0 Å².